The van der Waals surface area contributed by atoms with Crippen LogP contribution in [-0.2, 0) is 49.7 Å². The van der Waals surface area contributed by atoms with Crippen molar-refractivity contribution in [2.24, 2.45) is 5.41 Å². The van der Waals surface area contributed by atoms with Crippen molar-refractivity contribution in [1.82, 2.24) is 29.7 Å². The number of pyridine rings is 1. The normalized spacial score (nSPS) is 21.5. The van der Waals surface area contributed by atoms with Gasteiger partial charge in [0.25, 0.3) is 5.91 Å². The molecular formula is C34H42N6O6S2. The van der Waals surface area contributed by atoms with Crippen LogP contribution in [-0.4, -0.2) is 72.5 Å². The summed E-state index contributed by atoms with van der Waals surface area (Å²) in [6.45, 7) is 9.53. The van der Waals surface area contributed by atoms with Gasteiger partial charge in [-0.05, 0) is 62.9 Å². The predicted octanol–water partition coefficient (Wildman–Crippen LogP) is 4.81. The summed E-state index contributed by atoms with van der Waals surface area (Å²) >= 11 is -1.05. The molecule has 256 valence electrons. The molecular weight excluding hydrogens is 653 g/mol. The number of carbonyl (C=O) groups is 2. The van der Waals surface area contributed by atoms with E-state index in [9.17, 15) is 18.4 Å². The molecule has 5 heterocycles. The van der Waals surface area contributed by atoms with Crippen molar-refractivity contribution in [2.45, 2.75) is 78.1 Å². The van der Waals surface area contributed by atoms with Crippen LogP contribution in [0.1, 0.15) is 62.9 Å². The van der Waals surface area contributed by atoms with E-state index in [1.165, 1.54) is 16.3 Å². The lowest BCUT2D eigenvalue weighted by Gasteiger charge is -2.35. The highest BCUT2D eigenvalue weighted by Gasteiger charge is 2.35. The number of amides is 1. The van der Waals surface area contributed by atoms with Crippen molar-refractivity contribution in [3.63, 3.8) is 0 Å². The summed E-state index contributed by atoms with van der Waals surface area (Å²) in [6.07, 6.45) is 3.34. The number of nitrogens with zero attached hydrogens (tertiary/aromatic N) is 4. The second-order valence-electron chi connectivity index (χ2n) is 13.1. The van der Waals surface area contributed by atoms with E-state index >= 15 is 0 Å². The number of esters is 1. The molecule has 12 nitrogen and oxygen atoms in total. The molecule has 1 unspecified atom stereocenters. The average molecular weight is 695 g/mol. The minimum Gasteiger partial charge on any atom is -0.464 e. The molecule has 1 saturated heterocycles. The van der Waals surface area contributed by atoms with Crippen LogP contribution >= 0.6 is 11.3 Å². The van der Waals surface area contributed by atoms with Gasteiger partial charge in [-0.2, -0.15) is 0 Å². The summed E-state index contributed by atoms with van der Waals surface area (Å²) in [6, 6.07) is 8.60. The van der Waals surface area contributed by atoms with Crippen LogP contribution in [0.4, 0.5) is 0 Å². The molecule has 0 aliphatic carbocycles. The Morgan fingerprint density at radius 1 is 1.29 bits per heavy atom. The van der Waals surface area contributed by atoms with Gasteiger partial charge in [-0.15, -0.1) is 11.3 Å². The third-order valence-corrected chi connectivity index (χ3v) is 10.4. The number of rotatable bonds is 6. The van der Waals surface area contributed by atoms with Crippen LogP contribution in [0.5, 0.6) is 0 Å². The first-order valence-corrected chi connectivity index (χ1v) is 18.2. The van der Waals surface area contributed by atoms with Gasteiger partial charge < -0.3 is 14.0 Å². The molecule has 4 aromatic rings. The summed E-state index contributed by atoms with van der Waals surface area (Å²) in [4.78, 5) is 36.6. The van der Waals surface area contributed by atoms with E-state index in [0.717, 1.165) is 51.2 Å². The highest BCUT2D eigenvalue weighted by molar-refractivity contribution is 7.77. The summed E-state index contributed by atoms with van der Waals surface area (Å²) < 4.78 is 38.0. The molecule has 48 heavy (non-hydrogen) atoms. The van der Waals surface area contributed by atoms with E-state index in [-0.39, 0.29) is 19.1 Å². The molecule has 0 spiro atoms. The molecule has 3 N–H and O–H groups in total. The van der Waals surface area contributed by atoms with Gasteiger partial charge in [-0.25, -0.2) is 19.3 Å². The van der Waals surface area contributed by atoms with E-state index in [1.807, 2.05) is 18.4 Å². The minimum atomic E-state index is -2.44. The van der Waals surface area contributed by atoms with Crippen LogP contribution in [0.15, 0.2) is 41.9 Å². The van der Waals surface area contributed by atoms with Crippen LogP contribution < -0.4 is 10.1 Å². The maximum atomic E-state index is 13.6. The number of benzene rings is 1. The zero-order valence-electron chi connectivity index (χ0n) is 27.8. The molecule has 6 bridgehead atoms. The number of hydrazine groups is 1. The topological polar surface area (TPSA) is 148 Å². The maximum absolute atomic E-state index is 13.6. The van der Waals surface area contributed by atoms with Crippen LogP contribution in [0.2, 0.25) is 0 Å². The Balaban J connectivity index is 1.53. The van der Waals surface area contributed by atoms with Crippen LogP contribution in [0.3, 0.4) is 0 Å². The monoisotopic (exact) mass is 694 g/mol. The highest BCUT2D eigenvalue weighted by Crippen LogP contribution is 2.42. The summed E-state index contributed by atoms with van der Waals surface area (Å²) in [5.41, 5.74) is 9.29. The highest BCUT2D eigenvalue weighted by atomic mass is 32.2. The number of thiazole rings is 1. The summed E-state index contributed by atoms with van der Waals surface area (Å²) in [5.74, 6) is -0.881. The van der Waals surface area contributed by atoms with Crippen molar-refractivity contribution in [3.8, 4) is 22.5 Å². The number of hydrogen-bond donors (Lipinski definition) is 3. The van der Waals surface area contributed by atoms with Crippen molar-refractivity contribution in [2.75, 3.05) is 20.3 Å². The Morgan fingerprint density at radius 3 is 2.85 bits per heavy atom. The smallest absolute Gasteiger partial charge is 0.324 e. The first-order chi connectivity index (χ1) is 23.0. The lowest BCUT2D eigenvalue weighted by molar-refractivity contribution is -0.155. The quantitative estimate of drug-likeness (QED) is 0.191. The summed E-state index contributed by atoms with van der Waals surface area (Å²) in [7, 11) is 1.68. The molecule has 0 saturated carbocycles. The molecule has 14 heteroatoms. The zero-order valence-corrected chi connectivity index (χ0v) is 29.5. The van der Waals surface area contributed by atoms with E-state index in [1.54, 1.807) is 13.3 Å². The Bertz CT molecular complexity index is 1850. The lowest BCUT2D eigenvalue weighted by Crippen LogP contribution is -2.60. The average Bonchev–Trinajstić information content (AvgIpc) is 3.67. The van der Waals surface area contributed by atoms with Gasteiger partial charge in [-0.3, -0.25) is 24.1 Å². The first kappa shape index (κ1) is 34.3. The third kappa shape index (κ3) is 6.96. The number of methoxy groups -OCH3 is 1. The van der Waals surface area contributed by atoms with Crippen molar-refractivity contribution in [1.29, 1.82) is 0 Å². The fourth-order valence-electron chi connectivity index (χ4n) is 6.66. The van der Waals surface area contributed by atoms with E-state index < -0.39 is 40.6 Å². The fourth-order valence-corrected chi connectivity index (χ4v) is 7.94. The van der Waals surface area contributed by atoms with Crippen LogP contribution in [0.25, 0.3) is 33.4 Å². The fraction of sp³-hybridized carbons (Fsp3) is 0.471. The van der Waals surface area contributed by atoms with Crippen molar-refractivity contribution < 1.29 is 27.8 Å². The Kier molecular flexibility index (Phi) is 10.1. The molecule has 0 radical (unpaired) electrons. The largest absolute Gasteiger partial charge is 0.464 e. The first-order valence-electron chi connectivity index (χ1n) is 16.2. The van der Waals surface area contributed by atoms with Crippen LogP contribution in [0, 0.1) is 5.41 Å². The number of carbonyl (C=O) groups excluding carboxylic acids is 2. The molecule has 2 aliphatic heterocycles. The van der Waals surface area contributed by atoms with Gasteiger partial charge in [0.1, 0.15) is 12.1 Å². The second kappa shape index (κ2) is 14.1. The number of cyclic esters (lactones) is 1. The maximum Gasteiger partial charge on any atom is 0.324 e. The zero-order chi connectivity index (χ0) is 34.2. The Morgan fingerprint density at radius 2 is 2.10 bits per heavy atom. The molecule has 1 fully saturated rings. The van der Waals surface area contributed by atoms with Gasteiger partial charge in [-0.1, -0.05) is 19.9 Å². The number of aromatic nitrogens is 3. The molecule has 6 rings (SSSR count). The van der Waals surface area contributed by atoms with Gasteiger partial charge in [0.15, 0.2) is 0 Å². The number of aryl methyl sites for hydroxylation is 1. The summed E-state index contributed by atoms with van der Waals surface area (Å²) in [5, 5.41) is 5.01. The van der Waals surface area contributed by atoms with Gasteiger partial charge >= 0.3 is 5.97 Å². The molecule has 1 amide bonds. The predicted molar refractivity (Wildman–Crippen MR) is 185 cm³/mol. The van der Waals surface area contributed by atoms with Gasteiger partial charge in [0.05, 0.1) is 34.8 Å². The van der Waals surface area contributed by atoms with E-state index in [4.69, 9.17) is 19.4 Å². The molecule has 4 atom stereocenters. The molecule has 2 aliphatic rings. The number of fused-ring (bicyclic) bond motifs is 6. The SMILES string of the molecule is CCn1c(-c2cccnc2[C@H](C)OC)c2c3cc(ccc31)-c1csc(n1)C[C@H](NS(=O)O)C(=O)N1CCC[C@H](N1)C(=O)OCC(C)(C)C2. The molecule has 3 aromatic heterocycles. The number of hydrogen-bond acceptors (Lipinski definition) is 9. The van der Waals surface area contributed by atoms with E-state index in [2.05, 4.69) is 59.8 Å². The van der Waals surface area contributed by atoms with E-state index in [0.29, 0.717) is 30.8 Å². The van der Waals surface area contributed by atoms with Gasteiger partial charge in [0, 0.05) is 65.6 Å². The standard InChI is InChI=1S/C34H42N6O6S2/c1-6-39-28-12-11-21-15-23(28)24(31(39)22-9-7-13-35-30(22)20(2)45-5)17-34(3,4)19-46-33(42)25-10-8-14-40(37-25)32(41)26(38-48(43)44)16-29-36-27(21)18-47-29/h7,9,11-13,15,18,20,25-26,37-38H,6,8,10,14,16-17,19H2,1-5H3,(H,43,44)/t20-,25-,26-/m0/s1. The Hall–Kier alpha value is -3.53. The Labute approximate surface area is 286 Å². The molecule has 1 aromatic carbocycles. The van der Waals surface area contributed by atoms with Crippen molar-refractivity contribution >= 4 is 45.4 Å². The lowest BCUT2D eigenvalue weighted by atomic mass is 9.84. The number of nitrogens with one attached hydrogen (secondary N) is 2. The van der Waals surface area contributed by atoms with Gasteiger partial charge in [0.2, 0.25) is 11.3 Å². The second-order valence-corrected chi connectivity index (χ2v) is 14.8. The minimum absolute atomic E-state index is 0.0998. The number of ether oxygens (including phenoxy) is 2. The van der Waals surface area contributed by atoms with Crippen molar-refractivity contribution in [3.05, 3.63) is 58.2 Å². The third-order valence-electron chi connectivity index (χ3n) is 9.08.